The molecule has 0 unspecified atom stereocenters. The molecule has 0 saturated carbocycles. The molecule has 0 radical (unpaired) electrons. The Kier molecular flexibility index (Phi) is 2.42. The number of nitrogens with one attached hydrogen (secondary N) is 1. The first-order valence-corrected chi connectivity index (χ1v) is 5.65. The van der Waals surface area contributed by atoms with Gasteiger partial charge in [0, 0.05) is 5.56 Å². The molecule has 1 aromatic heterocycles. The van der Waals surface area contributed by atoms with Crippen LogP contribution in [-0.2, 0) is 0 Å². The van der Waals surface area contributed by atoms with Crippen molar-refractivity contribution in [1.29, 1.82) is 0 Å². The van der Waals surface area contributed by atoms with Gasteiger partial charge in [-0.3, -0.25) is 5.10 Å². The minimum absolute atomic E-state index is 0.559. The second-order valence-corrected chi connectivity index (χ2v) is 4.10. The van der Waals surface area contributed by atoms with E-state index in [1.807, 2.05) is 24.3 Å². The lowest BCUT2D eigenvalue weighted by Crippen LogP contribution is -1.91. The third-order valence-corrected chi connectivity index (χ3v) is 2.96. The molecule has 0 atom stereocenters. The predicted octanol–water partition coefficient (Wildman–Crippen LogP) is 3.35. The highest BCUT2D eigenvalue weighted by Gasteiger charge is 2.05. The first-order valence-electron chi connectivity index (χ1n) is 5.24. The number of hydrogen-bond donors (Lipinski definition) is 1. The minimum atomic E-state index is 0.559. The average molecular weight is 239 g/mol. The van der Waals surface area contributed by atoms with E-state index in [0.717, 1.165) is 16.6 Å². The second-order valence-electron chi connectivity index (χ2n) is 3.69. The van der Waals surface area contributed by atoms with Crippen molar-refractivity contribution in [3.8, 4) is 11.3 Å². The summed E-state index contributed by atoms with van der Waals surface area (Å²) >= 11 is 5.22. The third kappa shape index (κ3) is 1.72. The summed E-state index contributed by atoms with van der Waals surface area (Å²) in [4.78, 5) is 4.25. The van der Waals surface area contributed by atoms with Gasteiger partial charge in [0.2, 0.25) is 0 Å². The number of rotatable bonds is 1. The van der Waals surface area contributed by atoms with Crippen LogP contribution in [0.1, 0.15) is 0 Å². The van der Waals surface area contributed by atoms with Crippen molar-refractivity contribution in [2.45, 2.75) is 0 Å². The van der Waals surface area contributed by atoms with Gasteiger partial charge in [0.15, 0.2) is 0 Å². The van der Waals surface area contributed by atoms with Gasteiger partial charge in [-0.2, -0.15) is 5.10 Å². The van der Waals surface area contributed by atoms with Crippen molar-refractivity contribution in [2.24, 2.45) is 0 Å². The third-order valence-electron chi connectivity index (χ3n) is 2.67. The molecule has 3 nitrogen and oxygen atoms in total. The Hall–Kier alpha value is -2.07. The fraction of sp³-hybridized carbons (Fsp3) is 0. The molecule has 0 bridgehead atoms. The Bertz CT molecular complexity index is 728. The first kappa shape index (κ1) is 10.1. The summed E-state index contributed by atoms with van der Waals surface area (Å²) in [5.41, 5.74) is 1.80. The summed E-state index contributed by atoms with van der Waals surface area (Å²) in [6.07, 6.45) is 1.48. The van der Waals surface area contributed by atoms with Crippen LogP contribution in [0, 0.1) is 4.64 Å². The molecule has 17 heavy (non-hydrogen) atoms. The molecule has 3 aromatic rings. The Labute approximate surface area is 103 Å². The van der Waals surface area contributed by atoms with E-state index in [1.165, 1.54) is 11.7 Å². The molecule has 1 N–H and O–H groups in total. The summed E-state index contributed by atoms with van der Waals surface area (Å²) in [6, 6.07) is 14.3. The van der Waals surface area contributed by atoms with Crippen LogP contribution in [0.2, 0.25) is 0 Å². The number of aromatic amines is 1. The van der Waals surface area contributed by atoms with Crippen molar-refractivity contribution < 1.29 is 0 Å². The van der Waals surface area contributed by atoms with Crippen LogP contribution < -0.4 is 0 Å². The molecule has 0 spiro atoms. The topological polar surface area (TPSA) is 41.6 Å². The van der Waals surface area contributed by atoms with Gasteiger partial charge >= 0.3 is 0 Å². The summed E-state index contributed by atoms with van der Waals surface area (Å²) in [7, 11) is 0. The van der Waals surface area contributed by atoms with Gasteiger partial charge in [-0.1, -0.05) is 54.7 Å². The number of benzene rings is 2. The van der Waals surface area contributed by atoms with E-state index in [-0.39, 0.29) is 0 Å². The lowest BCUT2D eigenvalue weighted by Gasteiger charge is -2.05. The lowest BCUT2D eigenvalue weighted by molar-refractivity contribution is 0.961. The summed E-state index contributed by atoms with van der Waals surface area (Å²) in [6.45, 7) is 0. The number of hydrogen-bond acceptors (Lipinski definition) is 3. The highest BCUT2D eigenvalue weighted by atomic mass is 32.1. The van der Waals surface area contributed by atoms with Gasteiger partial charge in [0.1, 0.15) is 16.7 Å². The van der Waals surface area contributed by atoms with E-state index < -0.39 is 0 Å². The van der Waals surface area contributed by atoms with Crippen molar-refractivity contribution >= 4 is 23.0 Å². The Balaban J connectivity index is 2.39. The van der Waals surface area contributed by atoms with E-state index in [1.54, 1.807) is 0 Å². The normalized spacial score (nSPS) is 10.6. The van der Waals surface area contributed by atoms with Gasteiger partial charge in [0.25, 0.3) is 0 Å². The minimum Gasteiger partial charge on any atom is -0.264 e. The monoisotopic (exact) mass is 239 g/mol. The van der Waals surface area contributed by atoms with E-state index >= 15 is 0 Å². The van der Waals surface area contributed by atoms with E-state index in [4.69, 9.17) is 12.2 Å². The van der Waals surface area contributed by atoms with Gasteiger partial charge in [0.05, 0.1) is 0 Å². The molecule has 0 fully saturated rings. The number of aromatic nitrogens is 3. The zero-order valence-corrected chi connectivity index (χ0v) is 9.74. The van der Waals surface area contributed by atoms with Crippen molar-refractivity contribution in [3.05, 3.63) is 53.4 Å². The van der Waals surface area contributed by atoms with Crippen LogP contribution in [0.3, 0.4) is 0 Å². The van der Waals surface area contributed by atoms with Crippen LogP contribution in [-0.4, -0.2) is 15.2 Å². The molecule has 82 valence electrons. The maximum Gasteiger partial charge on any atom is 0.146 e. The molecule has 0 aliphatic heterocycles. The molecule has 3 rings (SSSR count). The van der Waals surface area contributed by atoms with Crippen molar-refractivity contribution in [3.63, 3.8) is 0 Å². The summed E-state index contributed by atoms with van der Waals surface area (Å²) in [5.74, 6) is 0. The molecule has 0 saturated heterocycles. The quantitative estimate of drug-likeness (QED) is 0.662. The fourth-order valence-corrected chi connectivity index (χ4v) is 2.12. The number of H-pyrrole nitrogens is 1. The van der Waals surface area contributed by atoms with E-state index in [9.17, 15) is 0 Å². The average Bonchev–Trinajstić information content (AvgIpc) is 2.39. The first-order chi connectivity index (χ1) is 8.36. The lowest BCUT2D eigenvalue weighted by atomic mass is 10.0. The van der Waals surface area contributed by atoms with Crippen LogP contribution in [0.5, 0.6) is 0 Å². The predicted molar refractivity (Wildman–Crippen MR) is 70.2 cm³/mol. The van der Waals surface area contributed by atoms with Gasteiger partial charge in [-0.05, 0) is 10.8 Å². The SMILES string of the molecule is S=c1[nH]ncnc1-c1cccc2ccccc12. The number of nitrogens with zero attached hydrogens (tertiary/aromatic N) is 2. The maximum absolute atomic E-state index is 5.22. The largest absolute Gasteiger partial charge is 0.264 e. The summed E-state index contributed by atoms with van der Waals surface area (Å²) < 4.78 is 0.559. The molecule has 0 amide bonds. The molecular weight excluding hydrogens is 230 g/mol. The number of fused-ring (bicyclic) bond motifs is 1. The van der Waals surface area contributed by atoms with Crippen LogP contribution in [0.25, 0.3) is 22.0 Å². The van der Waals surface area contributed by atoms with E-state index in [2.05, 4.69) is 33.4 Å². The summed E-state index contributed by atoms with van der Waals surface area (Å²) in [5, 5.41) is 8.90. The Morgan fingerprint density at radius 3 is 2.71 bits per heavy atom. The van der Waals surface area contributed by atoms with Crippen LogP contribution in [0.15, 0.2) is 48.8 Å². The van der Waals surface area contributed by atoms with Crippen molar-refractivity contribution in [2.75, 3.05) is 0 Å². The molecule has 4 heteroatoms. The van der Waals surface area contributed by atoms with Crippen molar-refractivity contribution in [1.82, 2.24) is 15.2 Å². The van der Waals surface area contributed by atoms with Gasteiger partial charge in [-0.25, -0.2) is 4.98 Å². The molecule has 0 aliphatic rings. The fourth-order valence-electron chi connectivity index (χ4n) is 1.91. The maximum atomic E-state index is 5.22. The Morgan fingerprint density at radius 1 is 1.00 bits per heavy atom. The highest BCUT2D eigenvalue weighted by molar-refractivity contribution is 7.71. The van der Waals surface area contributed by atoms with E-state index in [0.29, 0.717) is 4.64 Å². The zero-order chi connectivity index (χ0) is 11.7. The molecule has 0 aliphatic carbocycles. The van der Waals surface area contributed by atoms with Gasteiger partial charge in [-0.15, -0.1) is 0 Å². The zero-order valence-electron chi connectivity index (χ0n) is 8.92. The molecule has 1 heterocycles. The second kappa shape index (κ2) is 4.07. The molecule has 2 aromatic carbocycles. The Morgan fingerprint density at radius 2 is 1.82 bits per heavy atom. The highest BCUT2D eigenvalue weighted by Crippen LogP contribution is 2.26. The van der Waals surface area contributed by atoms with Gasteiger partial charge < -0.3 is 0 Å². The smallest absolute Gasteiger partial charge is 0.146 e. The standard InChI is InChI=1S/C13H9N3S/c17-13-12(14-8-15-16-13)11-7-3-5-9-4-1-2-6-10(9)11/h1-8H,(H,16,17). The van der Waals surface area contributed by atoms with Crippen LogP contribution >= 0.6 is 12.2 Å². The van der Waals surface area contributed by atoms with Crippen LogP contribution in [0.4, 0.5) is 0 Å². The molecular formula is C13H9N3S.